The SMILES string of the molecule is COC(=O)C1(N)CCCC1CCSc1nnc(N(C)C)s1. The molecule has 0 aromatic carbocycles. The second kappa shape index (κ2) is 6.93. The van der Waals surface area contributed by atoms with E-state index in [-0.39, 0.29) is 11.9 Å². The zero-order valence-electron chi connectivity index (χ0n) is 12.7. The minimum absolute atomic E-state index is 0.193. The number of nitrogens with zero attached hydrogens (tertiary/aromatic N) is 3. The van der Waals surface area contributed by atoms with Crippen LogP contribution in [0.1, 0.15) is 25.7 Å². The number of carbonyl (C=O) groups excluding carboxylic acids is 1. The lowest BCUT2D eigenvalue weighted by Crippen LogP contribution is -2.51. The minimum atomic E-state index is -0.800. The number of hydrogen-bond acceptors (Lipinski definition) is 8. The Kier molecular flexibility index (Phi) is 5.45. The van der Waals surface area contributed by atoms with Gasteiger partial charge in [-0.1, -0.05) is 29.5 Å². The van der Waals surface area contributed by atoms with Crippen molar-refractivity contribution in [2.24, 2.45) is 11.7 Å². The monoisotopic (exact) mass is 330 g/mol. The van der Waals surface area contributed by atoms with Crippen molar-refractivity contribution in [3.63, 3.8) is 0 Å². The number of ether oxygens (including phenoxy) is 1. The van der Waals surface area contributed by atoms with Crippen molar-refractivity contribution in [3.05, 3.63) is 0 Å². The first kappa shape index (κ1) is 16.5. The van der Waals surface area contributed by atoms with Crippen LogP contribution in [0.4, 0.5) is 5.13 Å². The molecule has 118 valence electrons. The standard InChI is InChI=1S/C13H22N4O2S2/c1-17(2)11-15-16-12(21-11)20-8-6-9-5-4-7-13(9,14)10(18)19-3/h9H,4-8,14H2,1-3H3. The third-order valence-electron chi connectivity index (χ3n) is 3.91. The molecule has 0 bridgehead atoms. The summed E-state index contributed by atoms with van der Waals surface area (Å²) < 4.78 is 5.82. The second-order valence-electron chi connectivity index (χ2n) is 5.50. The van der Waals surface area contributed by atoms with Crippen LogP contribution >= 0.6 is 23.1 Å². The van der Waals surface area contributed by atoms with Crippen molar-refractivity contribution in [1.82, 2.24) is 10.2 Å². The molecular weight excluding hydrogens is 308 g/mol. The number of methoxy groups -OCH3 is 1. The van der Waals surface area contributed by atoms with E-state index in [9.17, 15) is 4.79 Å². The van der Waals surface area contributed by atoms with Crippen molar-refractivity contribution in [3.8, 4) is 0 Å². The topological polar surface area (TPSA) is 81.3 Å². The van der Waals surface area contributed by atoms with Gasteiger partial charge in [0, 0.05) is 19.8 Å². The van der Waals surface area contributed by atoms with Gasteiger partial charge in [-0.15, -0.1) is 10.2 Å². The molecule has 2 unspecified atom stereocenters. The number of carbonyl (C=O) groups is 1. The fourth-order valence-corrected chi connectivity index (χ4v) is 4.58. The molecule has 0 spiro atoms. The highest BCUT2D eigenvalue weighted by atomic mass is 32.2. The molecule has 6 nitrogen and oxygen atoms in total. The van der Waals surface area contributed by atoms with E-state index < -0.39 is 5.54 Å². The van der Waals surface area contributed by atoms with E-state index in [2.05, 4.69) is 10.2 Å². The maximum atomic E-state index is 11.9. The van der Waals surface area contributed by atoms with Gasteiger partial charge in [0.2, 0.25) is 5.13 Å². The van der Waals surface area contributed by atoms with Crippen LogP contribution in [0.25, 0.3) is 0 Å². The van der Waals surface area contributed by atoms with Crippen LogP contribution < -0.4 is 10.6 Å². The third kappa shape index (κ3) is 3.67. The Morgan fingerprint density at radius 3 is 2.95 bits per heavy atom. The Bertz CT molecular complexity index is 494. The molecule has 1 heterocycles. The zero-order valence-corrected chi connectivity index (χ0v) is 14.3. The summed E-state index contributed by atoms with van der Waals surface area (Å²) in [7, 11) is 5.31. The number of rotatable bonds is 6. The summed E-state index contributed by atoms with van der Waals surface area (Å²) in [6.07, 6.45) is 3.60. The number of aromatic nitrogens is 2. The molecule has 2 N–H and O–H groups in total. The molecule has 1 fully saturated rings. The lowest BCUT2D eigenvalue weighted by atomic mass is 9.86. The number of nitrogens with two attached hydrogens (primary N) is 1. The predicted octanol–water partition coefficient (Wildman–Crippen LogP) is 1.76. The maximum Gasteiger partial charge on any atom is 0.326 e. The van der Waals surface area contributed by atoms with E-state index in [1.54, 1.807) is 23.1 Å². The summed E-state index contributed by atoms with van der Waals surface area (Å²) in [5.74, 6) is 0.808. The summed E-state index contributed by atoms with van der Waals surface area (Å²) in [6, 6.07) is 0. The fraction of sp³-hybridized carbons (Fsp3) is 0.769. The fourth-order valence-electron chi connectivity index (χ4n) is 2.69. The number of esters is 1. The largest absolute Gasteiger partial charge is 0.468 e. The molecule has 1 aromatic heterocycles. The molecule has 2 rings (SSSR count). The molecule has 2 atom stereocenters. The van der Waals surface area contributed by atoms with Crippen molar-refractivity contribution in [2.45, 2.75) is 35.6 Å². The van der Waals surface area contributed by atoms with E-state index in [1.165, 1.54) is 7.11 Å². The number of anilines is 1. The van der Waals surface area contributed by atoms with E-state index >= 15 is 0 Å². The lowest BCUT2D eigenvalue weighted by molar-refractivity contribution is -0.148. The summed E-state index contributed by atoms with van der Waals surface area (Å²) in [6.45, 7) is 0. The highest BCUT2D eigenvalue weighted by Crippen LogP contribution is 2.38. The Labute approximate surface area is 133 Å². The molecule has 0 aliphatic heterocycles. The predicted molar refractivity (Wildman–Crippen MR) is 85.9 cm³/mol. The van der Waals surface area contributed by atoms with Gasteiger partial charge in [0.1, 0.15) is 5.54 Å². The molecule has 1 saturated carbocycles. The van der Waals surface area contributed by atoms with Crippen LogP contribution in [-0.2, 0) is 9.53 Å². The molecule has 1 aliphatic rings. The lowest BCUT2D eigenvalue weighted by Gasteiger charge is -2.28. The Morgan fingerprint density at radius 2 is 2.33 bits per heavy atom. The highest BCUT2D eigenvalue weighted by molar-refractivity contribution is 8.01. The summed E-state index contributed by atoms with van der Waals surface area (Å²) in [5.41, 5.74) is 5.46. The van der Waals surface area contributed by atoms with E-state index in [1.807, 2.05) is 19.0 Å². The normalized spacial score (nSPS) is 25.0. The Balaban J connectivity index is 1.86. The van der Waals surface area contributed by atoms with Gasteiger partial charge in [0.25, 0.3) is 0 Å². The smallest absolute Gasteiger partial charge is 0.326 e. The minimum Gasteiger partial charge on any atom is -0.468 e. The molecular formula is C13H22N4O2S2. The molecule has 1 aliphatic carbocycles. The summed E-state index contributed by atoms with van der Waals surface area (Å²) in [5, 5.41) is 9.17. The molecule has 0 amide bonds. The van der Waals surface area contributed by atoms with Crippen LogP contribution in [0.5, 0.6) is 0 Å². The Morgan fingerprint density at radius 1 is 1.57 bits per heavy atom. The van der Waals surface area contributed by atoms with Crippen molar-refractivity contribution >= 4 is 34.2 Å². The first-order valence-electron chi connectivity index (χ1n) is 6.98. The summed E-state index contributed by atoms with van der Waals surface area (Å²) in [4.78, 5) is 13.8. The van der Waals surface area contributed by atoms with Crippen LogP contribution in [0.3, 0.4) is 0 Å². The van der Waals surface area contributed by atoms with E-state index in [0.29, 0.717) is 0 Å². The third-order valence-corrected chi connectivity index (χ3v) is 6.16. The quantitative estimate of drug-likeness (QED) is 0.628. The van der Waals surface area contributed by atoms with Crippen LogP contribution in [-0.4, -0.2) is 48.7 Å². The highest BCUT2D eigenvalue weighted by Gasteiger charge is 2.46. The van der Waals surface area contributed by atoms with Crippen molar-refractivity contribution in [2.75, 3.05) is 31.9 Å². The van der Waals surface area contributed by atoms with Crippen LogP contribution in [0, 0.1) is 5.92 Å². The first-order chi connectivity index (χ1) is 9.97. The number of thioether (sulfide) groups is 1. The average Bonchev–Trinajstić information content (AvgIpc) is 3.06. The van der Waals surface area contributed by atoms with Gasteiger partial charge < -0.3 is 15.4 Å². The van der Waals surface area contributed by atoms with Gasteiger partial charge in [-0.25, -0.2) is 0 Å². The molecule has 0 saturated heterocycles. The van der Waals surface area contributed by atoms with Gasteiger partial charge in [0.05, 0.1) is 7.11 Å². The van der Waals surface area contributed by atoms with E-state index in [0.717, 1.165) is 40.9 Å². The van der Waals surface area contributed by atoms with Gasteiger partial charge >= 0.3 is 5.97 Å². The Hall–Kier alpha value is -0.860. The molecule has 21 heavy (non-hydrogen) atoms. The summed E-state index contributed by atoms with van der Waals surface area (Å²) >= 11 is 3.25. The average molecular weight is 330 g/mol. The first-order valence-corrected chi connectivity index (χ1v) is 8.78. The van der Waals surface area contributed by atoms with Crippen molar-refractivity contribution in [1.29, 1.82) is 0 Å². The van der Waals surface area contributed by atoms with Crippen LogP contribution in [0.2, 0.25) is 0 Å². The van der Waals surface area contributed by atoms with E-state index in [4.69, 9.17) is 10.5 Å². The van der Waals surface area contributed by atoms with Gasteiger partial charge in [-0.2, -0.15) is 0 Å². The van der Waals surface area contributed by atoms with Crippen LogP contribution in [0.15, 0.2) is 4.34 Å². The number of hydrogen-bond donors (Lipinski definition) is 1. The van der Waals surface area contributed by atoms with Gasteiger partial charge in [0.15, 0.2) is 4.34 Å². The molecule has 8 heteroatoms. The molecule has 0 radical (unpaired) electrons. The van der Waals surface area contributed by atoms with Crippen molar-refractivity contribution < 1.29 is 9.53 Å². The zero-order chi connectivity index (χ0) is 15.5. The maximum absolute atomic E-state index is 11.9. The van der Waals surface area contributed by atoms with Gasteiger partial charge in [-0.05, 0) is 25.2 Å². The molecule has 1 aromatic rings. The second-order valence-corrected chi connectivity index (χ2v) is 7.80. The van der Waals surface area contributed by atoms with Gasteiger partial charge in [-0.3, -0.25) is 4.79 Å².